The van der Waals surface area contributed by atoms with Crippen molar-refractivity contribution in [3.8, 4) is 0 Å². The molecular weight excluding hydrogens is 427 g/mol. The number of nitrogens with two attached hydrogens (primary N) is 1. The van der Waals surface area contributed by atoms with Crippen LogP contribution in [0.2, 0.25) is 0 Å². The van der Waals surface area contributed by atoms with E-state index >= 15 is 0 Å². The molecule has 3 aromatic rings. The summed E-state index contributed by atoms with van der Waals surface area (Å²) >= 11 is 0. The van der Waals surface area contributed by atoms with Gasteiger partial charge < -0.3 is 10.2 Å². The summed E-state index contributed by atoms with van der Waals surface area (Å²) in [4.78, 5) is 22.6. The number of amides is 1. The van der Waals surface area contributed by atoms with Crippen LogP contribution in [0.3, 0.4) is 0 Å². The predicted octanol–water partition coefficient (Wildman–Crippen LogP) is 2.04. The number of aromatic amines is 1. The van der Waals surface area contributed by atoms with Crippen molar-refractivity contribution in [1.29, 1.82) is 0 Å². The Morgan fingerprint density at radius 3 is 2.39 bits per heavy atom. The van der Waals surface area contributed by atoms with Crippen LogP contribution in [0.4, 0.5) is 4.39 Å². The number of H-pyrrole nitrogens is 1. The Morgan fingerprint density at radius 1 is 1.19 bits per heavy atom. The molecule has 0 spiro atoms. The number of sulfonamides is 1. The topological polar surface area (TPSA) is 148 Å². The van der Waals surface area contributed by atoms with Gasteiger partial charge in [-0.1, -0.05) is 13.0 Å². The van der Waals surface area contributed by atoms with Gasteiger partial charge in [-0.3, -0.25) is 4.79 Å². The molecule has 0 bridgehead atoms. The number of aromatic nitrogens is 2. The smallest absolute Gasteiger partial charge is 0.391 e. The van der Waals surface area contributed by atoms with Crippen LogP contribution >= 0.6 is 0 Å². The second kappa shape index (κ2) is 8.44. The lowest BCUT2D eigenvalue weighted by molar-refractivity contribution is 0.1000. The van der Waals surface area contributed by atoms with Crippen LogP contribution in [-0.4, -0.2) is 24.5 Å². The van der Waals surface area contributed by atoms with E-state index in [-0.39, 0.29) is 21.9 Å². The normalized spacial score (nSPS) is 13.7. The van der Waals surface area contributed by atoms with Crippen molar-refractivity contribution >= 4 is 15.9 Å². The van der Waals surface area contributed by atoms with Crippen molar-refractivity contribution in [2.24, 2.45) is 5.73 Å². The number of nitrogens with zero attached hydrogens (tertiary/aromatic N) is 1. The van der Waals surface area contributed by atoms with E-state index in [0.717, 1.165) is 5.56 Å². The number of benzene rings is 2. The average Bonchev–Trinajstić information content (AvgIpc) is 3.15. The molecule has 9 nitrogen and oxygen atoms in total. The number of carbonyl (C=O) groups is 1. The lowest BCUT2D eigenvalue weighted by atomic mass is 9.88. The second-order valence-corrected chi connectivity index (χ2v) is 8.84. The van der Waals surface area contributed by atoms with Crippen molar-refractivity contribution < 1.29 is 22.0 Å². The maximum atomic E-state index is 14.7. The third kappa shape index (κ3) is 4.57. The fraction of sp³-hybridized carbons (Fsp3) is 0.250. The Morgan fingerprint density at radius 2 is 1.84 bits per heavy atom. The van der Waals surface area contributed by atoms with E-state index in [9.17, 15) is 22.4 Å². The summed E-state index contributed by atoms with van der Waals surface area (Å²) in [6.07, 6.45) is 0. The van der Waals surface area contributed by atoms with E-state index in [2.05, 4.69) is 14.9 Å². The van der Waals surface area contributed by atoms with Gasteiger partial charge in [-0.05, 0) is 60.9 Å². The van der Waals surface area contributed by atoms with E-state index in [4.69, 9.17) is 10.2 Å². The number of halogens is 1. The van der Waals surface area contributed by atoms with Gasteiger partial charge in [-0.15, -0.1) is 5.10 Å². The number of hydrogen-bond donors (Lipinski definition) is 3. The predicted molar refractivity (Wildman–Crippen MR) is 109 cm³/mol. The first kappa shape index (κ1) is 22.4. The molecule has 0 saturated heterocycles. The number of aryl methyl sites for hydroxylation is 1. The molecule has 0 aliphatic heterocycles. The van der Waals surface area contributed by atoms with Gasteiger partial charge in [0, 0.05) is 11.5 Å². The van der Waals surface area contributed by atoms with Crippen molar-refractivity contribution in [3.05, 3.63) is 80.9 Å². The van der Waals surface area contributed by atoms with Crippen LogP contribution in [0.5, 0.6) is 0 Å². The summed E-state index contributed by atoms with van der Waals surface area (Å²) in [5, 5.41) is 5.83. The van der Waals surface area contributed by atoms with Crippen LogP contribution in [0.25, 0.3) is 0 Å². The molecule has 2 aromatic carbocycles. The Balaban J connectivity index is 2.05. The van der Waals surface area contributed by atoms with E-state index < -0.39 is 39.5 Å². The van der Waals surface area contributed by atoms with Gasteiger partial charge in [-0.25, -0.2) is 22.7 Å². The van der Waals surface area contributed by atoms with Crippen molar-refractivity contribution in [3.63, 3.8) is 0 Å². The first-order chi connectivity index (χ1) is 14.5. The fourth-order valence-corrected chi connectivity index (χ4v) is 4.57. The molecule has 0 aliphatic rings. The third-order valence-corrected chi connectivity index (χ3v) is 6.60. The maximum Gasteiger partial charge on any atom is 0.434 e. The van der Waals surface area contributed by atoms with Crippen LogP contribution in [0.15, 0.2) is 50.5 Å². The zero-order valence-electron chi connectivity index (χ0n) is 17.0. The number of primary amides is 1. The molecule has 4 N–H and O–H groups in total. The fourth-order valence-electron chi connectivity index (χ4n) is 3.30. The van der Waals surface area contributed by atoms with Gasteiger partial charge in [0.05, 0.1) is 4.90 Å². The summed E-state index contributed by atoms with van der Waals surface area (Å²) in [6, 6.07) is 6.68. The second-order valence-electron chi connectivity index (χ2n) is 7.13. The lowest BCUT2D eigenvalue weighted by Crippen LogP contribution is -2.33. The van der Waals surface area contributed by atoms with E-state index in [1.54, 1.807) is 26.8 Å². The van der Waals surface area contributed by atoms with Gasteiger partial charge in [0.2, 0.25) is 21.8 Å². The molecule has 0 saturated carbocycles. The summed E-state index contributed by atoms with van der Waals surface area (Å²) in [6.45, 7) is 5.13. The van der Waals surface area contributed by atoms with E-state index in [1.165, 1.54) is 30.3 Å². The van der Waals surface area contributed by atoms with Crippen LogP contribution < -0.4 is 16.2 Å². The van der Waals surface area contributed by atoms with Crippen molar-refractivity contribution in [2.75, 3.05) is 0 Å². The quantitative estimate of drug-likeness (QED) is 0.504. The molecule has 3 rings (SSSR count). The molecule has 2 atom stereocenters. The standard InChI is InChI=1S/C20H21FN4O5S/c1-10-4-9-15(21)16(11(10)2)12(3)17(19-23-24-20(27)30-19)25-31(28,29)14-7-5-13(6-8-14)18(22)26/h4-9,12,17,25H,1-3H3,(H2,22,26)(H,24,27)/t12-,17+/m1/s1. The number of hydrogen-bond acceptors (Lipinski definition) is 6. The average molecular weight is 448 g/mol. The molecule has 11 heteroatoms. The zero-order chi connectivity index (χ0) is 22.9. The molecule has 0 unspecified atom stereocenters. The Bertz CT molecular complexity index is 1280. The highest BCUT2D eigenvalue weighted by Gasteiger charge is 2.33. The lowest BCUT2D eigenvalue weighted by Gasteiger charge is -2.25. The van der Waals surface area contributed by atoms with E-state index in [1.807, 2.05) is 0 Å². The highest BCUT2D eigenvalue weighted by Crippen LogP contribution is 2.35. The number of nitrogens with one attached hydrogen (secondary N) is 2. The van der Waals surface area contributed by atoms with Crippen LogP contribution in [0, 0.1) is 19.7 Å². The first-order valence-corrected chi connectivity index (χ1v) is 10.7. The largest absolute Gasteiger partial charge is 0.434 e. The summed E-state index contributed by atoms with van der Waals surface area (Å²) in [7, 11) is -4.17. The van der Waals surface area contributed by atoms with Gasteiger partial charge in [0.1, 0.15) is 11.9 Å². The summed E-state index contributed by atoms with van der Waals surface area (Å²) < 4.78 is 48.1. The Hall–Kier alpha value is -3.31. The Kier molecular flexibility index (Phi) is 6.09. The van der Waals surface area contributed by atoms with Crippen molar-refractivity contribution in [2.45, 2.75) is 37.6 Å². The molecule has 31 heavy (non-hydrogen) atoms. The molecule has 164 valence electrons. The minimum absolute atomic E-state index is 0.139. The maximum absolute atomic E-state index is 14.7. The van der Waals surface area contributed by atoms with Crippen molar-refractivity contribution in [1.82, 2.24) is 14.9 Å². The number of rotatable bonds is 7. The molecule has 0 radical (unpaired) electrons. The number of carbonyl (C=O) groups excluding carboxylic acids is 1. The highest BCUT2D eigenvalue weighted by molar-refractivity contribution is 7.89. The first-order valence-electron chi connectivity index (χ1n) is 9.24. The molecule has 0 fully saturated rings. The van der Waals surface area contributed by atoms with Crippen LogP contribution in [-0.2, 0) is 10.0 Å². The zero-order valence-corrected chi connectivity index (χ0v) is 17.8. The summed E-state index contributed by atoms with van der Waals surface area (Å²) in [5.41, 5.74) is 7.04. The van der Waals surface area contributed by atoms with Gasteiger partial charge in [0.15, 0.2) is 0 Å². The Labute approximate surface area is 177 Å². The molecule has 1 amide bonds. The monoisotopic (exact) mass is 448 g/mol. The van der Waals surface area contributed by atoms with Gasteiger partial charge in [-0.2, -0.15) is 4.72 Å². The van der Waals surface area contributed by atoms with Gasteiger partial charge in [0.25, 0.3) is 0 Å². The molecule has 1 aromatic heterocycles. The van der Waals surface area contributed by atoms with Crippen LogP contribution in [0.1, 0.15) is 51.8 Å². The third-order valence-electron chi connectivity index (χ3n) is 5.14. The minimum atomic E-state index is -4.17. The molecular formula is C20H21FN4O5S. The van der Waals surface area contributed by atoms with E-state index in [0.29, 0.717) is 5.56 Å². The minimum Gasteiger partial charge on any atom is -0.391 e. The molecule has 0 aliphatic carbocycles. The van der Waals surface area contributed by atoms with Gasteiger partial charge >= 0.3 is 5.76 Å². The highest BCUT2D eigenvalue weighted by atomic mass is 32.2. The molecule has 1 heterocycles. The summed E-state index contributed by atoms with van der Waals surface area (Å²) in [5.74, 6) is -3.13. The SMILES string of the molecule is Cc1ccc(F)c([C@@H](C)[C@H](NS(=O)(=O)c2ccc(C(N)=O)cc2)c2n[nH]c(=O)o2)c1C.